The van der Waals surface area contributed by atoms with Gasteiger partial charge in [-0.05, 0) is 13.0 Å². The van der Waals surface area contributed by atoms with Crippen molar-refractivity contribution in [1.82, 2.24) is 9.88 Å². The van der Waals surface area contributed by atoms with E-state index in [0.717, 1.165) is 5.57 Å². The lowest BCUT2D eigenvalue weighted by molar-refractivity contribution is 0.0807. The lowest BCUT2D eigenvalue weighted by atomic mass is 10.2. The van der Waals surface area contributed by atoms with E-state index in [9.17, 15) is 4.79 Å². The molecular formula is C11H13ClN2O. The van der Waals surface area contributed by atoms with Gasteiger partial charge in [0.05, 0.1) is 10.6 Å². The molecule has 1 aromatic rings. The maximum atomic E-state index is 11.9. The van der Waals surface area contributed by atoms with Gasteiger partial charge in [-0.3, -0.25) is 9.78 Å². The van der Waals surface area contributed by atoms with Crippen LogP contribution in [0.25, 0.3) is 0 Å². The largest absolute Gasteiger partial charge is 0.338 e. The Morgan fingerprint density at radius 3 is 2.87 bits per heavy atom. The van der Waals surface area contributed by atoms with E-state index in [1.54, 1.807) is 24.2 Å². The van der Waals surface area contributed by atoms with Crippen LogP contribution >= 0.6 is 11.6 Å². The first-order valence-corrected chi connectivity index (χ1v) is 4.89. The summed E-state index contributed by atoms with van der Waals surface area (Å²) in [6, 6.07) is 1.61. The summed E-state index contributed by atoms with van der Waals surface area (Å²) in [4.78, 5) is 17.3. The van der Waals surface area contributed by atoms with Gasteiger partial charge in [0.2, 0.25) is 0 Å². The van der Waals surface area contributed by atoms with Gasteiger partial charge in [0.1, 0.15) is 0 Å². The highest BCUT2D eigenvalue weighted by Crippen LogP contribution is 2.15. The molecule has 1 rings (SSSR count). The molecule has 0 saturated carbocycles. The molecule has 3 nitrogen and oxygen atoms in total. The van der Waals surface area contributed by atoms with Gasteiger partial charge < -0.3 is 4.90 Å². The van der Waals surface area contributed by atoms with E-state index in [2.05, 4.69) is 11.6 Å². The molecule has 0 bridgehead atoms. The summed E-state index contributed by atoms with van der Waals surface area (Å²) in [6.45, 7) is 6.15. The number of aromatic nitrogens is 1. The van der Waals surface area contributed by atoms with Crippen LogP contribution in [0.15, 0.2) is 30.6 Å². The van der Waals surface area contributed by atoms with Gasteiger partial charge in [0.15, 0.2) is 0 Å². The van der Waals surface area contributed by atoms with Crippen molar-refractivity contribution in [1.29, 1.82) is 0 Å². The van der Waals surface area contributed by atoms with E-state index in [4.69, 9.17) is 11.6 Å². The minimum Gasteiger partial charge on any atom is -0.338 e. The summed E-state index contributed by atoms with van der Waals surface area (Å²) < 4.78 is 0. The van der Waals surface area contributed by atoms with Crippen molar-refractivity contribution < 1.29 is 4.79 Å². The van der Waals surface area contributed by atoms with Crippen LogP contribution in [0.2, 0.25) is 5.02 Å². The van der Waals surface area contributed by atoms with Crippen molar-refractivity contribution in [2.45, 2.75) is 6.92 Å². The maximum absolute atomic E-state index is 11.9. The molecule has 0 fully saturated rings. The molecule has 80 valence electrons. The number of hydrogen-bond acceptors (Lipinski definition) is 2. The SMILES string of the molecule is C=C(C)CN(C)C(=O)c1ccncc1Cl. The van der Waals surface area contributed by atoms with E-state index >= 15 is 0 Å². The molecule has 0 aliphatic rings. The summed E-state index contributed by atoms with van der Waals surface area (Å²) in [7, 11) is 1.72. The van der Waals surface area contributed by atoms with E-state index < -0.39 is 0 Å². The van der Waals surface area contributed by atoms with Crippen molar-refractivity contribution in [3.63, 3.8) is 0 Å². The predicted molar refractivity (Wildman–Crippen MR) is 61.0 cm³/mol. The Morgan fingerprint density at radius 1 is 1.67 bits per heavy atom. The third kappa shape index (κ3) is 3.06. The fourth-order valence-electron chi connectivity index (χ4n) is 1.23. The normalized spacial score (nSPS) is 9.80. The Kier molecular flexibility index (Phi) is 3.86. The maximum Gasteiger partial charge on any atom is 0.255 e. The zero-order chi connectivity index (χ0) is 11.4. The Labute approximate surface area is 94.4 Å². The molecule has 0 spiro atoms. The Balaban J connectivity index is 2.85. The number of hydrogen-bond donors (Lipinski definition) is 0. The smallest absolute Gasteiger partial charge is 0.255 e. The molecule has 0 aliphatic carbocycles. The number of pyridine rings is 1. The molecule has 1 amide bonds. The first kappa shape index (κ1) is 11.7. The molecule has 0 atom stereocenters. The van der Waals surface area contributed by atoms with Crippen LogP contribution in [0.1, 0.15) is 17.3 Å². The van der Waals surface area contributed by atoms with Crippen molar-refractivity contribution in [2.75, 3.05) is 13.6 Å². The number of carbonyl (C=O) groups excluding carboxylic acids is 1. The molecule has 0 aliphatic heterocycles. The van der Waals surface area contributed by atoms with Gasteiger partial charge in [-0.25, -0.2) is 0 Å². The van der Waals surface area contributed by atoms with Crippen molar-refractivity contribution in [2.24, 2.45) is 0 Å². The van der Waals surface area contributed by atoms with Crippen LogP contribution in [-0.4, -0.2) is 29.4 Å². The highest BCUT2D eigenvalue weighted by Gasteiger charge is 2.14. The van der Waals surface area contributed by atoms with E-state index in [-0.39, 0.29) is 5.91 Å². The van der Waals surface area contributed by atoms with E-state index in [1.807, 2.05) is 6.92 Å². The Hall–Kier alpha value is -1.35. The number of likely N-dealkylation sites (N-methyl/N-ethyl adjacent to an activating group) is 1. The molecule has 0 saturated heterocycles. The summed E-state index contributed by atoms with van der Waals surface area (Å²) in [5.41, 5.74) is 1.39. The third-order valence-corrected chi connectivity index (χ3v) is 2.16. The minimum absolute atomic E-state index is 0.120. The molecule has 0 unspecified atom stereocenters. The van der Waals surface area contributed by atoms with Crippen LogP contribution in [0.3, 0.4) is 0 Å². The first-order chi connectivity index (χ1) is 7.02. The first-order valence-electron chi connectivity index (χ1n) is 4.51. The number of halogens is 1. The zero-order valence-electron chi connectivity index (χ0n) is 8.83. The van der Waals surface area contributed by atoms with Gasteiger partial charge >= 0.3 is 0 Å². The zero-order valence-corrected chi connectivity index (χ0v) is 9.58. The highest BCUT2D eigenvalue weighted by atomic mass is 35.5. The van der Waals surface area contributed by atoms with Gasteiger partial charge in [0, 0.05) is 26.0 Å². The van der Waals surface area contributed by atoms with Crippen molar-refractivity contribution in [3.05, 3.63) is 41.2 Å². The van der Waals surface area contributed by atoms with Crippen LogP contribution in [0.4, 0.5) is 0 Å². The van der Waals surface area contributed by atoms with E-state index in [1.165, 1.54) is 6.20 Å². The average Bonchev–Trinajstić information content (AvgIpc) is 2.16. The topological polar surface area (TPSA) is 33.2 Å². The summed E-state index contributed by atoms with van der Waals surface area (Å²) >= 11 is 5.87. The Bertz CT molecular complexity index is 390. The fourth-order valence-corrected chi connectivity index (χ4v) is 1.43. The highest BCUT2D eigenvalue weighted by molar-refractivity contribution is 6.33. The van der Waals surface area contributed by atoms with Crippen LogP contribution < -0.4 is 0 Å². The second-order valence-corrected chi connectivity index (χ2v) is 3.88. The average molecular weight is 225 g/mol. The Morgan fingerprint density at radius 2 is 2.33 bits per heavy atom. The standard InChI is InChI=1S/C11H13ClN2O/c1-8(2)7-14(3)11(15)9-4-5-13-6-10(9)12/h4-6H,1,7H2,2-3H3. The van der Waals surface area contributed by atoms with Gasteiger partial charge in [0.25, 0.3) is 5.91 Å². The van der Waals surface area contributed by atoms with Gasteiger partial charge in [-0.1, -0.05) is 23.8 Å². The number of nitrogens with zero attached hydrogens (tertiary/aromatic N) is 2. The fraction of sp³-hybridized carbons (Fsp3) is 0.273. The third-order valence-electron chi connectivity index (χ3n) is 1.86. The molecule has 4 heteroatoms. The lowest BCUT2D eigenvalue weighted by Gasteiger charge is -2.17. The number of rotatable bonds is 3. The molecular weight excluding hydrogens is 212 g/mol. The molecule has 0 radical (unpaired) electrons. The van der Waals surface area contributed by atoms with E-state index in [0.29, 0.717) is 17.1 Å². The monoisotopic (exact) mass is 224 g/mol. The molecule has 1 aromatic heterocycles. The minimum atomic E-state index is -0.120. The number of amides is 1. The lowest BCUT2D eigenvalue weighted by Crippen LogP contribution is -2.28. The van der Waals surface area contributed by atoms with Crippen LogP contribution in [0, 0.1) is 0 Å². The second-order valence-electron chi connectivity index (χ2n) is 3.47. The summed E-state index contributed by atoms with van der Waals surface area (Å²) in [6.07, 6.45) is 3.01. The molecule has 15 heavy (non-hydrogen) atoms. The summed E-state index contributed by atoms with van der Waals surface area (Å²) in [5.74, 6) is -0.120. The van der Waals surface area contributed by atoms with Crippen molar-refractivity contribution >= 4 is 17.5 Å². The van der Waals surface area contributed by atoms with Gasteiger partial charge in [-0.2, -0.15) is 0 Å². The predicted octanol–water partition coefficient (Wildman–Crippen LogP) is 2.38. The van der Waals surface area contributed by atoms with Crippen molar-refractivity contribution in [3.8, 4) is 0 Å². The summed E-state index contributed by atoms with van der Waals surface area (Å²) in [5, 5.41) is 0.371. The van der Waals surface area contributed by atoms with Gasteiger partial charge in [-0.15, -0.1) is 0 Å². The molecule has 0 N–H and O–H groups in total. The number of carbonyl (C=O) groups is 1. The molecule has 0 aromatic carbocycles. The van der Waals surface area contributed by atoms with Crippen LogP contribution in [0.5, 0.6) is 0 Å². The van der Waals surface area contributed by atoms with Crippen LogP contribution in [-0.2, 0) is 0 Å². The quantitative estimate of drug-likeness (QED) is 0.739. The second kappa shape index (κ2) is 4.94. The molecule has 1 heterocycles.